The summed E-state index contributed by atoms with van der Waals surface area (Å²) in [6, 6.07) is 8.10. The van der Waals surface area contributed by atoms with Crippen molar-refractivity contribution in [3.63, 3.8) is 0 Å². The zero-order chi connectivity index (χ0) is 21.4. The van der Waals surface area contributed by atoms with Crippen LogP contribution in [0.1, 0.15) is 48.3 Å². The normalized spacial score (nSPS) is 14.7. The molecule has 0 atom stereocenters. The largest absolute Gasteiger partial charge is 0.388 e. The van der Waals surface area contributed by atoms with Crippen molar-refractivity contribution < 1.29 is 4.79 Å². The lowest BCUT2D eigenvalue weighted by atomic mass is 9.96. The van der Waals surface area contributed by atoms with Crippen molar-refractivity contribution in [3.05, 3.63) is 47.3 Å². The highest BCUT2D eigenvalue weighted by atomic mass is 16.1. The fourth-order valence-electron chi connectivity index (χ4n) is 3.61. The highest BCUT2D eigenvalue weighted by molar-refractivity contribution is 5.98. The highest BCUT2D eigenvalue weighted by Crippen LogP contribution is 2.28. The van der Waals surface area contributed by atoms with E-state index in [1.807, 2.05) is 59.1 Å². The number of likely N-dealkylation sites (tertiary alicyclic amines) is 1. The number of carbonyl (C=O) groups excluding carboxylic acids is 1. The molecular formula is C24H36N4O. The second kappa shape index (κ2) is 11.0. The van der Waals surface area contributed by atoms with Gasteiger partial charge in [0.15, 0.2) is 0 Å². The third kappa shape index (κ3) is 6.04. The van der Waals surface area contributed by atoms with E-state index >= 15 is 0 Å². The molecule has 1 aliphatic rings. The number of rotatable bonds is 5. The van der Waals surface area contributed by atoms with Gasteiger partial charge in [-0.25, -0.2) is 0 Å². The van der Waals surface area contributed by atoms with Gasteiger partial charge in [0, 0.05) is 42.3 Å². The SMILES string of the molecule is CC.CNc1cc(-c2ccc(C)nc2)cc(C(=O)NCC2CCN(C)CC2)c1C. The molecule has 2 aromatic rings. The Bertz CT molecular complexity index is 793. The first-order valence-electron chi connectivity index (χ1n) is 10.7. The molecule has 2 heterocycles. The van der Waals surface area contributed by atoms with Crippen LogP contribution in [0, 0.1) is 19.8 Å². The first-order chi connectivity index (χ1) is 14.0. The fraction of sp³-hybridized carbons (Fsp3) is 0.500. The number of nitrogens with one attached hydrogen (secondary N) is 2. The van der Waals surface area contributed by atoms with E-state index in [2.05, 4.69) is 33.6 Å². The molecular weight excluding hydrogens is 360 g/mol. The quantitative estimate of drug-likeness (QED) is 0.781. The third-order valence-electron chi connectivity index (χ3n) is 5.56. The monoisotopic (exact) mass is 396 g/mol. The van der Waals surface area contributed by atoms with Gasteiger partial charge in [0.05, 0.1) is 0 Å². The summed E-state index contributed by atoms with van der Waals surface area (Å²) in [5.41, 5.74) is 5.67. The van der Waals surface area contributed by atoms with E-state index in [4.69, 9.17) is 0 Å². The average Bonchev–Trinajstić information content (AvgIpc) is 2.75. The zero-order valence-electron chi connectivity index (χ0n) is 18.8. The molecule has 1 aromatic carbocycles. The van der Waals surface area contributed by atoms with Crippen LogP contribution in [0.15, 0.2) is 30.5 Å². The van der Waals surface area contributed by atoms with Gasteiger partial charge in [0.25, 0.3) is 5.91 Å². The van der Waals surface area contributed by atoms with Crippen LogP contribution >= 0.6 is 0 Å². The van der Waals surface area contributed by atoms with Crippen molar-refractivity contribution in [2.45, 2.75) is 40.5 Å². The molecule has 1 fully saturated rings. The fourth-order valence-corrected chi connectivity index (χ4v) is 3.61. The summed E-state index contributed by atoms with van der Waals surface area (Å²) < 4.78 is 0. The molecule has 0 radical (unpaired) electrons. The van der Waals surface area contributed by atoms with Crippen molar-refractivity contribution in [3.8, 4) is 11.1 Å². The van der Waals surface area contributed by atoms with Gasteiger partial charge in [-0.2, -0.15) is 0 Å². The number of aryl methyl sites for hydroxylation is 1. The van der Waals surface area contributed by atoms with E-state index in [1.54, 1.807) is 0 Å². The number of aromatic nitrogens is 1. The van der Waals surface area contributed by atoms with Gasteiger partial charge in [0.1, 0.15) is 0 Å². The van der Waals surface area contributed by atoms with Crippen LogP contribution in [-0.4, -0.2) is 49.5 Å². The number of amides is 1. The van der Waals surface area contributed by atoms with Gasteiger partial charge >= 0.3 is 0 Å². The van der Waals surface area contributed by atoms with Crippen molar-refractivity contribution in [2.75, 3.05) is 39.0 Å². The Kier molecular flexibility index (Phi) is 8.65. The molecule has 2 N–H and O–H groups in total. The molecule has 29 heavy (non-hydrogen) atoms. The Balaban J connectivity index is 0.00000145. The Morgan fingerprint density at radius 2 is 1.83 bits per heavy atom. The number of benzene rings is 1. The lowest BCUT2D eigenvalue weighted by Crippen LogP contribution is -2.37. The van der Waals surface area contributed by atoms with Gasteiger partial charge in [-0.1, -0.05) is 19.9 Å². The molecule has 0 unspecified atom stereocenters. The van der Waals surface area contributed by atoms with Crippen LogP contribution in [0.25, 0.3) is 11.1 Å². The van der Waals surface area contributed by atoms with E-state index < -0.39 is 0 Å². The molecule has 0 saturated carbocycles. The van der Waals surface area contributed by atoms with Crippen LogP contribution in [-0.2, 0) is 0 Å². The van der Waals surface area contributed by atoms with E-state index in [9.17, 15) is 4.79 Å². The summed E-state index contributed by atoms with van der Waals surface area (Å²) in [4.78, 5) is 19.6. The molecule has 5 nitrogen and oxygen atoms in total. The molecule has 1 amide bonds. The van der Waals surface area contributed by atoms with Crippen molar-refractivity contribution >= 4 is 11.6 Å². The second-order valence-electron chi connectivity index (χ2n) is 7.59. The van der Waals surface area contributed by atoms with Crippen molar-refractivity contribution in [1.29, 1.82) is 0 Å². The van der Waals surface area contributed by atoms with E-state index in [0.717, 1.165) is 66.1 Å². The minimum absolute atomic E-state index is 0.00449. The average molecular weight is 397 g/mol. The van der Waals surface area contributed by atoms with Crippen molar-refractivity contribution in [2.24, 2.45) is 5.92 Å². The minimum atomic E-state index is 0.00449. The number of nitrogens with zero attached hydrogens (tertiary/aromatic N) is 2. The van der Waals surface area contributed by atoms with Gasteiger partial charge in [0.2, 0.25) is 0 Å². The van der Waals surface area contributed by atoms with E-state index in [-0.39, 0.29) is 5.91 Å². The predicted molar refractivity (Wildman–Crippen MR) is 123 cm³/mol. The van der Waals surface area contributed by atoms with Gasteiger partial charge < -0.3 is 15.5 Å². The van der Waals surface area contributed by atoms with Crippen LogP contribution in [0.5, 0.6) is 0 Å². The topological polar surface area (TPSA) is 57.3 Å². The molecule has 1 aliphatic heterocycles. The summed E-state index contributed by atoms with van der Waals surface area (Å²) in [5.74, 6) is 0.573. The maximum atomic E-state index is 12.9. The second-order valence-corrected chi connectivity index (χ2v) is 7.59. The standard InChI is InChI=1S/C22H30N4O.C2H6/c1-15-5-6-18(14-24-15)19-11-20(16(2)21(12-19)23-3)22(27)25-13-17-7-9-26(4)10-8-17;1-2/h5-6,11-12,14,17,23H,7-10,13H2,1-4H3,(H,25,27);1-2H3. The highest BCUT2D eigenvalue weighted by Gasteiger charge is 2.19. The van der Waals surface area contributed by atoms with Crippen molar-refractivity contribution in [1.82, 2.24) is 15.2 Å². The molecule has 0 bridgehead atoms. The summed E-state index contributed by atoms with van der Waals surface area (Å²) in [6.07, 6.45) is 4.15. The summed E-state index contributed by atoms with van der Waals surface area (Å²) in [5, 5.41) is 6.38. The van der Waals surface area contributed by atoms with Crippen LogP contribution < -0.4 is 10.6 Å². The van der Waals surface area contributed by atoms with Crippen LogP contribution in [0.2, 0.25) is 0 Å². The molecule has 1 aromatic heterocycles. The number of pyridine rings is 1. The number of anilines is 1. The Labute approximate surface area is 175 Å². The first-order valence-corrected chi connectivity index (χ1v) is 10.7. The zero-order valence-corrected chi connectivity index (χ0v) is 18.8. The number of piperidine rings is 1. The maximum Gasteiger partial charge on any atom is 0.251 e. The maximum absolute atomic E-state index is 12.9. The predicted octanol–water partition coefficient (Wildman–Crippen LogP) is 4.50. The lowest BCUT2D eigenvalue weighted by molar-refractivity contribution is 0.0938. The molecule has 0 aliphatic carbocycles. The third-order valence-corrected chi connectivity index (χ3v) is 5.56. The molecule has 3 rings (SSSR count). The van der Waals surface area contributed by atoms with Crippen LogP contribution in [0.3, 0.4) is 0 Å². The minimum Gasteiger partial charge on any atom is -0.388 e. The smallest absolute Gasteiger partial charge is 0.251 e. The van der Waals surface area contributed by atoms with Gasteiger partial charge in [-0.3, -0.25) is 9.78 Å². The summed E-state index contributed by atoms with van der Waals surface area (Å²) in [7, 11) is 4.04. The first kappa shape index (κ1) is 22.9. The van der Waals surface area contributed by atoms with E-state index in [1.165, 1.54) is 0 Å². The number of carbonyl (C=O) groups is 1. The summed E-state index contributed by atoms with van der Waals surface area (Å²) in [6.45, 7) is 10.9. The molecule has 0 spiro atoms. The number of hydrogen-bond donors (Lipinski definition) is 2. The van der Waals surface area contributed by atoms with Gasteiger partial charge in [-0.15, -0.1) is 0 Å². The van der Waals surface area contributed by atoms with E-state index in [0.29, 0.717) is 5.92 Å². The van der Waals surface area contributed by atoms with Crippen LogP contribution in [0.4, 0.5) is 5.69 Å². The Morgan fingerprint density at radius 1 is 1.14 bits per heavy atom. The molecule has 5 heteroatoms. The Hall–Kier alpha value is -2.40. The lowest BCUT2D eigenvalue weighted by Gasteiger charge is -2.29. The molecule has 1 saturated heterocycles. The summed E-state index contributed by atoms with van der Waals surface area (Å²) >= 11 is 0. The Morgan fingerprint density at radius 3 is 2.41 bits per heavy atom. The number of hydrogen-bond acceptors (Lipinski definition) is 4. The molecule has 158 valence electrons. The van der Waals surface area contributed by atoms with Gasteiger partial charge in [-0.05, 0) is 82.1 Å².